The van der Waals surface area contributed by atoms with Crippen molar-refractivity contribution in [3.63, 3.8) is 0 Å². The SMILES string of the molecule is Cc1c(F)cccc1NC(=O)c1csc(Br)c1. The van der Waals surface area contributed by atoms with Gasteiger partial charge in [0.1, 0.15) is 5.82 Å². The number of anilines is 1. The summed E-state index contributed by atoms with van der Waals surface area (Å²) in [5, 5.41) is 4.43. The minimum atomic E-state index is -0.325. The third kappa shape index (κ3) is 2.73. The summed E-state index contributed by atoms with van der Waals surface area (Å²) in [5.74, 6) is -0.560. The van der Waals surface area contributed by atoms with Crippen molar-refractivity contribution in [1.29, 1.82) is 0 Å². The first kappa shape index (κ1) is 12.3. The quantitative estimate of drug-likeness (QED) is 0.884. The molecular formula is C12H9BrFNOS. The number of nitrogens with one attached hydrogen (secondary N) is 1. The van der Waals surface area contributed by atoms with Crippen LogP contribution in [0, 0.1) is 12.7 Å². The zero-order valence-corrected chi connectivity index (χ0v) is 11.4. The fourth-order valence-electron chi connectivity index (χ4n) is 1.37. The largest absolute Gasteiger partial charge is 0.322 e. The van der Waals surface area contributed by atoms with E-state index in [1.165, 1.54) is 17.4 Å². The van der Waals surface area contributed by atoms with Crippen molar-refractivity contribution in [3.05, 3.63) is 50.4 Å². The van der Waals surface area contributed by atoms with E-state index < -0.39 is 0 Å². The van der Waals surface area contributed by atoms with Gasteiger partial charge in [-0.3, -0.25) is 4.79 Å². The molecule has 0 saturated carbocycles. The van der Waals surface area contributed by atoms with E-state index in [0.29, 0.717) is 16.8 Å². The second kappa shape index (κ2) is 4.98. The van der Waals surface area contributed by atoms with Crippen molar-refractivity contribution in [2.45, 2.75) is 6.92 Å². The number of halogens is 2. The number of amides is 1. The Labute approximate surface area is 111 Å². The Morgan fingerprint density at radius 1 is 1.47 bits per heavy atom. The second-order valence-electron chi connectivity index (χ2n) is 3.51. The summed E-state index contributed by atoms with van der Waals surface area (Å²) in [5.41, 5.74) is 1.50. The summed E-state index contributed by atoms with van der Waals surface area (Å²) >= 11 is 4.72. The molecule has 0 atom stereocenters. The molecule has 0 radical (unpaired) electrons. The van der Waals surface area contributed by atoms with E-state index in [2.05, 4.69) is 21.2 Å². The molecule has 0 aliphatic rings. The third-order valence-electron chi connectivity index (χ3n) is 2.35. The Balaban J connectivity index is 2.21. The van der Waals surface area contributed by atoms with Gasteiger partial charge in [-0.05, 0) is 41.1 Å². The van der Waals surface area contributed by atoms with Crippen molar-refractivity contribution in [3.8, 4) is 0 Å². The molecule has 0 fully saturated rings. The average Bonchev–Trinajstić information content (AvgIpc) is 2.72. The lowest BCUT2D eigenvalue weighted by atomic mass is 10.2. The van der Waals surface area contributed by atoms with Crippen LogP contribution in [0.25, 0.3) is 0 Å². The molecule has 1 amide bonds. The number of hydrogen-bond donors (Lipinski definition) is 1. The summed E-state index contributed by atoms with van der Waals surface area (Å²) in [4.78, 5) is 11.8. The second-order valence-corrected chi connectivity index (χ2v) is 5.80. The summed E-state index contributed by atoms with van der Waals surface area (Å²) in [6.45, 7) is 1.63. The maximum atomic E-state index is 13.3. The monoisotopic (exact) mass is 313 g/mol. The fourth-order valence-corrected chi connectivity index (χ4v) is 2.50. The van der Waals surface area contributed by atoms with Gasteiger partial charge >= 0.3 is 0 Å². The molecule has 0 spiro atoms. The summed E-state index contributed by atoms with van der Waals surface area (Å²) in [6.07, 6.45) is 0. The van der Waals surface area contributed by atoms with E-state index >= 15 is 0 Å². The molecule has 0 bridgehead atoms. The van der Waals surface area contributed by atoms with Crippen molar-refractivity contribution in [2.75, 3.05) is 5.32 Å². The van der Waals surface area contributed by atoms with Gasteiger partial charge in [-0.15, -0.1) is 11.3 Å². The molecule has 0 saturated heterocycles. The molecule has 5 heteroatoms. The van der Waals surface area contributed by atoms with Gasteiger partial charge in [0.25, 0.3) is 5.91 Å². The minimum Gasteiger partial charge on any atom is -0.322 e. The van der Waals surface area contributed by atoms with Crippen LogP contribution in [0.1, 0.15) is 15.9 Å². The van der Waals surface area contributed by atoms with Crippen LogP contribution in [-0.2, 0) is 0 Å². The molecule has 0 unspecified atom stereocenters. The first-order valence-electron chi connectivity index (χ1n) is 4.88. The molecule has 17 heavy (non-hydrogen) atoms. The molecule has 2 rings (SSSR count). The minimum absolute atomic E-state index is 0.236. The van der Waals surface area contributed by atoms with Gasteiger partial charge < -0.3 is 5.32 Å². The molecule has 2 nitrogen and oxygen atoms in total. The zero-order valence-electron chi connectivity index (χ0n) is 8.96. The van der Waals surface area contributed by atoms with Gasteiger partial charge in [0.05, 0.1) is 9.35 Å². The topological polar surface area (TPSA) is 29.1 Å². The highest BCUT2D eigenvalue weighted by molar-refractivity contribution is 9.11. The number of benzene rings is 1. The lowest BCUT2D eigenvalue weighted by molar-refractivity contribution is 0.102. The van der Waals surface area contributed by atoms with Gasteiger partial charge in [0, 0.05) is 16.6 Å². The van der Waals surface area contributed by atoms with Gasteiger partial charge in [-0.2, -0.15) is 0 Å². The Bertz CT molecular complexity index is 567. The van der Waals surface area contributed by atoms with E-state index in [4.69, 9.17) is 0 Å². The van der Waals surface area contributed by atoms with E-state index in [0.717, 1.165) is 3.79 Å². The highest BCUT2D eigenvalue weighted by Gasteiger charge is 2.10. The van der Waals surface area contributed by atoms with E-state index in [1.54, 1.807) is 30.5 Å². The van der Waals surface area contributed by atoms with Crippen molar-refractivity contribution in [1.82, 2.24) is 0 Å². The first-order chi connectivity index (χ1) is 8.08. The van der Waals surface area contributed by atoms with Crippen molar-refractivity contribution < 1.29 is 9.18 Å². The standard InChI is InChI=1S/C12H9BrFNOS/c1-7-9(14)3-2-4-10(7)15-12(16)8-5-11(13)17-6-8/h2-6H,1H3,(H,15,16). The summed E-state index contributed by atoms with van der Waals surface area (Å²) < 4.78 is 14.2. The van der Waals surface area contributed by atoms with Crippen LogP contribution in [0.2, 0.25) is 0 Å². The molecule has 0 aliphatic heterocycles. The van der Waals surface area contributed by atoms with Crippen LogP contribution in [0.3, 0.4) is 0 Å². The number of carbonyl (C=O) groups is 1. The van der Waals surface area contributed by atoms with E-state index in [-0.39, 0.29) is 11.7 Å². The molecule has 1 heterocycles. The maximum absolute atomic E-state index is 13.3. The maximum Gasteiger partial charge on any atom is 0.256 e. The number of carbonyl (C=O) groups excluding carboxylic acids is 1. The molecule has 88 valence electrons. The van der Waals surface area contributed by atoms with E-state index in [9.17, 15) is 9.18 Å². The predicted molar refractivity (Wildman–Crippen MR) is 71.1 cm³/mol. The lowest BCUT2D eigenvalue weighted by Crippen LogP contribution is -2.12. The Morgan fingerprint density at radius 3 is 2.88 bits per heavy atom. The first-order valence-corrected chi connectivity index (χ1v) is 6.55. The highest BCUT2D eigenvalue weighted by Crippen LogP contribution is 2.23. The molecule has 2 aromatic rings. The van der Waals surface area contributed by atoms with Gasteiger partial charge in [0.15, 0.2) is 0 Å². The van der Waals surface area contributed by atoms with Crippen LogP contribution in [0.5, 0.6) is 0 Å². The normalized spacial score (nSPS) is 10.3. The van der Waals surface area contributed by atoms with Crippen LogP contribution < -0.4 is 5.32 Å². The number of hydrogen-bond acceptors (Lipinski definition) is 2. The number of rotatable bonds is 2. The lowest BCUT2D eigenvalue weighted by Gasteiger charge is -2.07. The molecule has 1 aromatic carbocycles. The molecule has 0 aliphatic carbocycles. The Hall–Kier alpha value is -1.20. The van der Waals surface area contributed by atoms with Crippen molar-refractivity contribution in [2.24, 2.45) is 0 Å². The number of thiophene rings is 1. The zero-order chi connectivity index (χ0) is 12.4. The van der Waals surface area contributed by atoms with Crippen LogP contribution in [0.15, 0.2) is 33.4 Å². The average molecular weight is 314 g/mol. The molecular weight excluding hydrogens is 305 g/mol. The fraction of sp³-hybridized carbons (Fsp3) is 0.0833. The third-order valence-corrected chi connectivity index (χ3v) is 3.85. The predicted octanol–water partition coefficient (Wildman–Crippen LogP) is 4.21. The molecule has 1 aromatic heterocycles. The molecule has 1 N–H and O–H groups in total. The Kier molecular flexibility index (Phi) is 3.59. The van der Waals surface area contributed by atoms with Crippen LogP contribution >= 0.6 is 27.3 Å². The van der Waals surface area contributed by atoms with Crippen LogP contribution in [0.4, 0.5) is 10.1 Å². The Morgan fingerprint density at radius 2 is 2.24 bits per heavy atom. The van der Waals surface area contributed by atoms with Crippen molar-refractivity contribution >= 4 is 38.9 Å². The summed E-state index contributed by atoms with van der Waals surface area (Å²) in [6, 6.07) is 6.35. The van der Waals surface area contributed by atoms with E-state index in [1.807, 2.05) is 0 Å². The summed E-state index contributed by atoms with van der Waals surface area (Å²) in [7, 11) is 0. The van der Waals surface area contributed by atoms with Crippen LogP contribution in [-0.4, -0.2) is 5.91 Å². The van der Waals surface area contributed by atoms with Gasteiger partial charge in [-0.1, -0.05) is 6.07 Å². The van der Waals surface area contributed by atoms with Gasteiger partial charge in [0.2, 0.25) is 0 Å². The highest BCUT2D eigenvalue weighted by atomic mass is 79.9. The van der Waals surface area contributed by atoms with Gasteiger partial charge in [-0.25, -0.2) is 4.39 Å². The smallest absolute Gasteiger partial charge is 0.256 e.